The maximum atomic E-state index is 13.2. The van der Waals surface area contributed by atoms with Crippen LogP contribution in [0.1, 0.15) is 11.3 Å². The van der Waals surface area contributed by atoms with Crippen molar-refractivity contribution < 1.29 is 13.2 Å². The maximum Gasteiger partial charge on any atom is 0.435 e. The third kappa shape index (κ3) is 3.59. The number of rotatable bonds is 4. The first kappa shape index (κ1) is 17.0. The molecule has 0 amide bonds. The minimum atomic E-state index is -4.51. The molecule has 0 aliphatic heterocycles. The number of halogens is 3. The molecule has 136 valence electrons. The highest BCUT2D eigenvalue weighted by Gasteiger charge is 2.35. The van der Waals surface area contributed by atoms with Crippen molar-refractivity contribution in [2.75, 3.05) is 0 Å². The van der Waals surface area contributed by atoms with Crippen molar-refractivity contribution in [3.8, 4) is 16.9 Å². The van der Waals surface area contributed by atoms with E-state index in [0.29, 0.717) is 23.5 Å². The van der Waals surface area contributed by atoms with Crippen LogP contribution in [-0.4, -0.2) is 24.5 Å². The summed E-state index contributed by atoms with van der Waals surface area (Å²) in [6.07, 6.45) is -1.46. The van der Waals surface area contributed by atoms with Gasteiger partial charge in [-0.3, -0.25) is 0 Å². The molecule has 0 N–H and O–H groups in total. The zero-order chi connectivity index (χ0) is 18.9. The molecule has 27 heavy (non-hydrogen) atoms. The molecule has 2 heterocycles. The number of hydrogen-bond donors (Lipinski definition) is 0. The van der Waals surface area contributed by atoms with E-state index in [4.69, 9.17) is 0 Å². The van der Waals surface area contributed by atoms with Crippen LogP contribution in [0, 0.1) is 0 Å². The molecular weight excluding hydrogens is 355 g/mol. The third-order valence-corrected chi connectivity index (χ3v) is 4.06. The average Bonchev–Trinajstić information content (AvgIpc) is 3.32. The van der Waals surface area contributed by atoms with Crippen molar-refractivity contribution in [3.63, 3.8) is 0 Å². The Kier molecular flexibility index (Phi) is 4.23. The monoisotopic (exact) mass is 369 g/mol. The van der Waals surface area contributed by atoms with E-state index < -0.39 is 11.9 Å². The zero-order valence-electron chi connectivity index (χ0n) is 14.0. The predicted octanol–water partition coefficient (Wildman–Crippen LogP) is 4.20. The molecule has 5 nitrogen and oxygen atoms in total. The van der Waals surface area contributed by atoms with Gasteiger partial charge in [0.15, 0.2) is 5.69 Å². The lowest BCUT2D eigenvalue weighted by atomic mass is 10.1. The van der Waals surface area contributed by atoms with Gasteiger partial charge in [0, 0.05) is 5.56 Å². The van der Waals surface area contributed by atoms with E-state index in [1.54, 1.807) is 47.4 Å². The fourth-order valence-corrected chi connectivity index (χ4v) is 2.77. The fraction of sp³-hybridized carbons (Fsp3) is 0.105. The van der Waals surface area contributed by atoms with Crippen molar-refractivity contribution in [2.24, 2.45) is 0 Å². The highest BCUT2D eigenvalue weighted by Crippen LogP contribution is 2.33. The highest BCUT2D eigenvalue weighted by atomic mass is 19.4. The number of aromatic nitrogens is 5. The summed E-state index contributed by atoms with van der Waals surface area (Å²) < 4.78 is 42.6. The van der Waals surface area contributed by atoms with Crippen molar-refractivity contribution in [1.82, 2.24) is 24.5 Å². The summed E-state index contributed by atoms with van der Waals surface area (Å²) in [6, 6.07) is 17.1. The van der Waals surface area contributed by atoms with Crippen molar-refractivity contribution >= 4 is 0 Å². The van der Waals surface area contributed by atoms with E-state index in [2.05, 4.69) is 15.2 Å². The van der Waals surface area contributed by atoms with Gasteiger partial charge in [0.05, 0.1) is 17.9 Å². The first-order valence-corrected chi connectivity index (χ1v) is 8.15. The van der Waals surface area contributed by atoms with Crippen LogP contribution < -0.4 is 0 Å². The second-order valence-electron chi connectivity index (χ2n) is 5.95. The Bertz CT molecular complexity index is 1020. The number of alkyl halides is 3. The molecule has 4 rings (SSSR count). The van der Waals surface area contributed by atoms with Crippen LogP contribution in [-0.2, 0) is 12.7 Å². The SMILES string of the molecule is FC(F)(F)c1cc(-c2ccccc2)n(-c2ccc(Cn3cncn3)cc2)n1. The normalized spacial score (nSPS) is 11.7. The van der Waals surface area contributed by atoms with E-state index in [1.807, 2.05) is 18.2 Å². The summed E-state index contributed by atoms with van der Waals surface area (Å²) >= 11 is 0. The molecule has 0 unspecified atom stereocenters. The fourth-order valence-electron chi connectivity index (χ4n) is 2.77. The average molecular weight is 369 g/mol. The first-order chi connectivity index (χ1) is 13.0. The van der Waals surface area contributed by atoms with Gasteiger partial charge in [0.25, 0.3) is 0 Å². The molecule has 0 fully saturated rings. The maximum absolute atomic E-state index is 13.2. The second-order valence-corrected chi connectivity index (χ2v) is 5.95. The summed E-state index contributed by atoms with van der Waals surface area (Å²) in [5.74, 6) is 0. The molecule has 2 aromatic carbocycles. The van der Waals surface area contributed by atoms with Gasteiger partial charge in [-0.05, 0) is 23.8 Å². The minimum Gasteiger partial charge on any atom is -0.249 e. The van der Waals surface area contributed by atoms with E-state index in [1.165, 1.54) is 11.0 Å². The molecular formula is C19H14F3N5. The molecule has 0 aliphatic rings. The first-order valence-electron chi connectivity index (χ1n) is 8.15. The van der Waals surface area contributed by atoms with Crippen LogP contribution in [0.25, 0.3) is 16.9 Å². The smallest absolute Gasteiger partial charge is 0.249 e. The second kappa shape index (κ2) is 6.71. The van der Waals surface area contributed by atoms with Crippen LogP contribution in [0.3, 0.4) is 0 Å². The summed E-state index contributed by atoms with van der Waals surface area (Å²) in [7, 11) is 0. The van der Waals surface area contributed by atoms with E-state index in [-0.39, 0.29) is 0 Å². The quantitative estimate of drug-likeness (QED) is 0.542. The Morgan fingerprint density at radius 3 is 2.30 bits per heavy atom. The molecule has 8 heteroatoms. The summed E-state index contributed by atoms with van der Waals surface area (Å²) in [6.45, 7) is 0.527. The van der Waals surface area contributed by atoms with Gasteiger partial charge < -0.3 is 0 Å². The Morgan fingerprint density at radius 2 is 1.67 bits per heavy atom. The summed E-state index contributed by atoms with van der Waals surface area (Å²) in [4.78, 5) is 3.89. The van der Waals surface area contributed by atoms with Gasteiger partial charge >= 0.3 is 6.18 Å². The number of nitrogens with zero attached hydrogens (tertiary/aromatic N) is 5. The molecule has 0 atom stereocenters. The summed E-state index contributed by atoms with van der Waals surface area (Å²) in [5, 5.41) is 7.84. The van der Waals surface area contributed by atoms with Crippen LogP contribution in [0.2, 0.25) is 0 Å². The standard InChI is InChI=1S/C19H14F3N5/c20-19(21,22)18-10-17(15-4-2-1-3-5-15)27(25-18)16-8-6-14(7-9-16)11-26-13-23-12-24-26/h1-10,12-13H,11H2. The minimum absolute atomic E-state index is 0.381. The lowest BCUT2D eigenvalue weighted by molar-refractivity contribution is -0.141. The van der Waals surface area contributed by atoms with Crippen LogP contribution >= 0.6 is 0 Å². The van der Waals surface area contributed by atoms with E-state index >= 15 is 0 Å². The lowest BCUT2D eigenvalue weighted by Crippen LogP contribution is -2.07. The number of benzene rings is 2. The van der Waals surface area contributed by atoms with Gasteiger partial charge in [-0.2, -0.15) is 23.4 Å². The van der Waals surface area contributed by atoms with Crippen LogP contribution in [0.4, 0.5) is 13.2 Å². The molecule has 0 bridgehead atoms. The lowest BCUT2D eigenvalue weighted by Gasteiger charge is -2.09. The summed E-state index contributed by atoms with van der Waals surface area (Å²) in [5.41, 5.74) is 1.62. The van der Waals surface area contributed by atoms with Crippen molar-refractivity contribution in [3.05, 3.63) is 84.6 Å². The van der Waals surface area contributed by atoms with Crippen LogP contribution in [0.15, 0.2) is 73.3 Å². The number of hydrogen-bond acceptors (Lipinski definition) is 3. The molecule has 4 aromatic rings. The molecule has 0 aliphatic carbocycles. The Hall–Kier alpha value is -3.42. The molecule has 0 saturated heterocycles. The van der Waals surface area contributed by atoms with Gasteiger partial charge in [-0.1, -0.05) is 42.5 Å². The van der Waals surface area contributed by atoms with Crippen molar-refractivity contribution in [2.45, 2.75) is 12.7 Å². The predicted molar refractivity (Wildman–Crippen MR) is 93.1 cm³/mol. The largest absolute Gasteiger partial charge is 0.435 e. The van der Waals surface area contributed by atoms with Gasteiger partial charge in [-0.15, -0.1) is 0 Å². The zero-order valence-corrected chi connectivity index (χ0v) is 14.0. The molecule has 0 radical (unpaired) electrons. The van der Waals surface area contributed by atoms with E-state index in [0.717, 1.165) is 11.6 Å². The van der Waals surface area contributed by atoms with Gasteiger partial charge in [0.2, 0.25) is 0 Å². The Morgan fingerprint density at radius 1 is 0.926 bits per heavy atom. The third-order valence-electron chi connectivity index (χ3n) is 4.06. The topological polar surface area (TPSA) is 48.5 Å². The van der Waals surface area contributed by atoms with Gasteiger partial charge in [-0.25, -0.2) is 14.3 Å². The molecule has 0 saturated carbocycles. The Balaban J connectivity index is 1.73. The molecule has 0 spiro atoms. The van der Waals surface area contributed by atoms with Crippen molar-refractivity contribution in [1.29, 1.82) is 0 Å². The van der Waals surface area contributed by atoms with E-state index in [9.17, 15) is 13.2 Å². The van der Waals surface area contributed by atoms with Gasteiger partial charge in [0.1, 0.15) is 12.7 Å². The molecule has 2 aromatic heterocycles. The Labute approximate surface area is 152 Å². The van der Waals surface area contributed by atoms with Crippen LogP contribution in [0.5, 0.6) is 0 Å². The highest BCUT2D eigenvalue weighted by molar-refractivity contribution is 5.62.